The van der Waals surface area contributed by atoms with Gasteiger partial charge in [-0.05, 0) is 83.7 Å². The van der Waals surface area contributed by atoms with E-state index < -0.39 is 0 Å². The Bertz CT molecular complexity index is 1050. The summed E-state index contributed by atoms with van der Waals surface area (Å²) >= 11 is 0. The summed E-state index contributed by atoms with van der Waals surface area (Å²) < 4.78 is 5.97. The highest BCUT2D eigenvalue weighted by atomic mass is 16.5. The largest absolute Gasteiger partial charge is 0.439 e. The number of benzene rings is 2. The van der Waals surface area contributed by atoms with Gasteiger partial charge in [-0.15, -0.1) is 0 Å². The van der Waals surface area contributed by atoms with E-state index in [0.29, 0.717) is 5.88 Å². The molecule has 0 spiro atoms. The van der Waals surface area contributed by atoms with Crippen molar-refractivity contribution in [3.8, 4) is 11.6 Å². The van der Waals surface area contributed by atoms with E-state index in [-0.39, 0.29) is 0 Å². The lowest BCUT2D eigenvalue weighted by atomic mass is 10.1. The highest BCUT2D eigenvalue weighted by molar-refractivity contribution is 5.89. The van der Waals surface area contributed by atoms with Crippen LogP contribution in [0.5, 0.6) is 11.6 Å². The molecule has 1 fully saturated rings. The van der Waals surface area contributed by atoms with Crippen LogP contribution in [0, 0.1) is 0 Å². The Balaban J connectivity index is 1.30. The minimum Gasteiger partial charge on any atom is -0.439 e. The number of likely N-dealkylation sites (tertiary alicyclic amines) is 1. The van der Waals surface area contributed by atoms with Gasteiger partial charge in [-0.3, -0.25) is 9.89 Å². The van der Waals surface area contributed by atoms with Gasteiger partial charge in [-0.2, -0.15) is 0 Å². The number of hydrogen-bond acceptors (Lipinski definition) is 4. The van der Waals surface area contributed by atoms with E-state index in [1.165, 1.54) is 47.8 Å². The Hall–Kier alpha value is -2.98. The van der Waals surface area contributed by atoms with Crippen molar-refractivity contribution in [2.75, 3.05) is 19.6 Å². The summed E-state index contributed by atoms with van der Waals surface area (Å²) in [6.07, 6.45) is 8.37. The van der Waals surface area contributed by atoms with Crippen LogP contribution >= 0.6 is 0 Å². The third-order valence-corrected chi connectivity index (χ3v) is 5.45. The van der Waals surface area contributed by atoms with E-state index in [0.717, 1.165) is 24.4 Å². The predicted molar refractivity (Wildman–Crippen MR) is 114 cm³/mol. The molecule has 0 saturated carbocycles. The van der Waals surface area contributed by atoms with Crippen molar-refractivity contribution in [2.45, 2.75) is 19.4 Å². The molecule has 2 aromatic carbocycles. The van der Waals surface area contributed by atoms with Gasteiger partial charge in [-0.25, -0.2) is 4.98 Å². The Morgan fingerprint density at radius 1 is 0.929 bits per heavy atom. The van der Waals surface area contributed by atoms with Crippen molar-refractivity contribution >= 4 is 22.6 Å². The number of allylic oxidation sites excluding steroid dienone is 1. The molecule has 0 radical (unpaired) electrons. The molecule has 2 aliphatic heterocycles. The zero-order valence-electron chi connectivity index (χ0n) is 15.8. The van der Waals surface area contributed by atoms with Crippen molar-refractivity contribution in [1.82, 2.24) is 9.88 Å². The first-order chi connectivity index (χ1) is 13.8. The van der Waals surface area contributed by atoms with Gasteiger partial charge in [-0.1, -0.05) is 18.2 Å². The van der Waals surface area contributed by atoms with Crippen LogP contribution in [0.2, 0.25) is 0 Å². The summed E-state index contributed by atoms with van der Waals surface area (Å²) in [6, 6.07) is 16.9. The summed E-state index contributed by atoms with van der Waals surface area (Å²) in [5.74, 6) is 1.41. The molecule has 0 amide bonds. The van der Waals surface area contributed by atoms with Gasteiger partial charge < -0.3 is 4.74 Å². The number of fused-ring (bicyclic) bond motifs is 1. The van der Waals surface area contributed by atoms with Gasteiger partial charge in [0.05, 0.1) is 6.54 Å². The summed E-state index contributed by atoms with van der Waals surface area (Å²) in [5, 5.41) is 2.44. The third-order valence-electron chi connectivity index (χ3n) is 5.45. The monoisotopic (exact) mass is 369 g/mol. The molecule has 4 nitrogen and oxygen atoms in total. The van der Waals surface area contributed by atoms with Crippen molar-refractivity contribution in [1.29, 1.82) is 0 Å². The highest BCUT2D eigenvalue weighted by Crippen LogP contribution is 2.27. The molecule has 0 atom stereocenters. The second-order valence-electron chi connectivity index (χ2n) is 7.50. The van der Waals surface area contributed by atoms with Crippen molar-refractivity contribution < 1.29 is 4.74 Å². The summed E-state index contributed by atoms with van der Waals surface area (Å²) in [6.45, 7) is 4.22. The molecule has 5 rings (SSSR count). The molecule has 28 heavy (non-hydrogen) atoms. The van der Waals surface area contributed by atoms with E-state index >= 15 is 0 Å². The van der Waals surface area contributed by atoms with Crippen LogP contribution in [0.1, 0.15) is 24.0 Å². The van der Waals surface area contributed by atoms with Crippen molar-refractivity contribution in [2.24, 2.45) is 4.99 Å². The van der Waals surface area contributed by atoms with Crippen LogP contribution in [-0.4, -0.2) is 35.7 Å². The van der Waals surface area contributed by atoms with E-state index in [2.05, 4.69) is 45.2 Å². The number of aliphatic imine (C=N–C) groups is 1. The molecule has 140 valence electrons. The Morgan fingerprint density at radius 3 is 2.57 bits per heavy atom. The zero-order valence-corrected chi connectivity index (χ0v) is 15.8. The molecule has 3 aromatic rings. The lowest BCUT2D eigenvalue weighted by Crippen LogP contribution is -2.18. The van der Waals surface area contributed by atoms with Gasteiger partial charge in [0, 0.05) is 25.0 Å². The Kier molecular flexibility index (Phi) is 4.63. The van der Waals surface area contributed by atoms with Gasteiger partial charge in [0.2, 0.25) is 5.88 Å². The van der Waals surface area contributed by atoms with E-state index in [1.54, 1.807) is 0 Å². The molecular weight excluding hydrogens is 346 g/mol. The van der Waals surface area contributed by atoms with E-state index in [1.807, 2.05) is 36.7 Å². The first-order valence-corrected chi connectivity index (χ1v) is 9.92. The second-order valence-corrected chi connectivity index (χ2v) is 7.50. The fraction of sp³-hybridized carbons (Fsp3) is 0.250. The molecule has 0 aliphatic carbocycles. The maximum Gasteiger partial charge on any atom is 0.219 e. The smallest absolute Gasteiger partial charge is 0.219 e. The maximum atomic E-state index is 5.97. The van der Waals surface area contributed by atoms with Crippen LogP contribution in [0.25, 0.3) is 16.3 Å². The first kappa shape index (κ1) is 17.1. The average Bonchev–Trinajstić information content (AvgIpc) is 3.43. The van der Waals surface area contributed by atoms with Gasteiger partial charge >= 0.3 is 0 Å². The summed E-state index contributed by atoms with van der Waals surface area (Å²) in [5.41, 5.74) is 3.66. The zero-order chi connectivity index (χ0) is 18.8. The SMILES string of the molecule is C1=NCC(c2ccc(Oc3ccc4cc(CN5CCCC5)ccc4c3)nc2)=C1. The lowest BCUT2D eigenvalue weighted by Gasteiger charge is -2.15. The summed E-state index contributed by atoms with van der Waals surface area (Å²) in [4.78, 5) is 11.2. The van der Waals surface area contributed by atoms with Gasteiger partial charge in [0.15, 0.2) is 0 Å². The molecule has 4 heteroatoms. The van der Waals surface area contributed by atoms with Crippen molar-refractivity contribution in [3.63, 3.8) is 0 Å². The Morgan fingerprint density at radius 2 is 1.79 bits per heavy atom. The van der Waals surface area contributed by atoms with Crippen LogP contribution in [-0.2, 0) is 6.54 Å². The highest BCUT2D eigenvalue weighted by Gasteiger charge is 2.12. The average molecular weight is 369 g/mol. The summed E-state index contributed by atoms with van der Waals surface area (Å²) in [7, 11) is 0. The predicted octanol–water partition coefficient (Wildman–Crippen LogP) is 5.09. The Labute approximate surface area is 165 Å². The van der Waals surface area contributed by atoms with Crippen LogP contribution in [0.15, 0.2) is 65.8 Å². The molecule has 1 aromatic heterocycles. The molecule has 3 heterocycles. The van der Waals surface area contributed by atoms with Gasteiger partial charge in [0.1, 0.15) is 5.75 Å². The number of rotatable bonds is 5. The third kappa shape index (κ3) is 3.69. The molecule has 0 unspecified atom stereocenters. The number of hydrogen-bond donors (Lipinski definition) is 0. The maximum absolute atomic E-state index is 5.97. The van der Waals surface area contributed by atoms with Crippen LogP contribution in [0.4, 0.5) is 0 Å². The molecule has 2 aliphatic rings. The minimum absolute atomic E-state index is 0.605. The fourth-order valence-corrected chi connectivity index (χ4v) is 3.92. The molecule has 0 bridgehead atoms. The molecular formula is C24H23N3O. The van der Waals surface area contributed by atoms with Crippen LogP contribution < -0.4 is 4.74 Å². The lowest BCUT2D eigenvalue weighted by molar-refractivity contribution is 0.331. The number of aromatic nitrogens is 1. The number of pyridine rings is 1. The topological polar surface area (TPSA) is 37.7 Å². The number of nitrogens with zero attached hydrogens (tertiary/aromatic N) is 3. The van der Waals surface area contributed by atoms with E-state index in [9.17, 15) is 0 Å². The first-order valence-electron chi connectivity index (χ1n) is 9.92. The van der Waals surface area contributed by atoms with Crippen LogP contribution in [0.3, 0.4) is 0 Å². The van der Waals surface area contributed by atoms with Gasteiger partial charge in [0.25, 0.3) is 0 Å². The fourth-order valence-electron chi connectivity index (χ4n) is 3.92. The minimum atomic E-state index is 0.605. The van der Waals surface area contributed by atoms with E-state index in [4.69, 9.17) is 4.74 Å². The molecule has 0 N–H and O–H groups in total. The second kappa shape index (κ2) is 7.56. The normalized spacial score (nSPS) is 16.6. The standard InChI is InChI=1S/C24H23N3O/c1-2-12-27(11-1)17-18-3-4-20-14-23(7-5-19(20)13-18)28-24-8-6-21(16-26-24)22-9-10-25-15-22/h3-10,13-14,16H,1-2,11-12,15,17H2. The number of ether oxygens (including phenoxy) is 1. The molecule has 1 saturated heterocycles. The quantitative estimate of drug-likeness (QED) is 0.629. The van der Waals surface area contributed by atoms with Crippen molar-refractivity contribution in [3.05, 3.63) is 71.9 Å².